The zero-order valence-electron chi connectivity index (χ0n) is 9.70. The molecule has 0 bridgehead atoms. The average molecular weight is 279 g/mol. The molecule has 1 aromatic rings. The Kier molecular flexibility index (Phi) is 4.36. The highest BCUT2D eigenvalue weighted by molar-refractivity contribution is 6.35. The Labute approximate surface area is 109 Å². The summed E-state index contributed by atoms with van der Waals surface area (Å²) in [5, 5.41) is 5.20. The number of nitrogens with one attached hydrogen (secondary N) is 2. The van der Waals surface area contributed by atoms with Crippen LogP contribution in [-0.2, 0) is 4.79 Å². The summed E-state index contributed by atoms with van der Waals surface area (Å²) < 4.78 is 13.2. The summed E-state index contributed by atoms with van der Waals surface area (Å²) in [4.78, 5) is 11.8. The highest BCUT2D eigenvalue weighted by Gasteiger charge is 2.25. The van der Waals surface area contributed by atoms with Crippen molar-refractivity contribution >= 4 is 34.8 Å². The van der Waals surface area contributed by atoms with E-state index in [1.807, 2.05) is 0 Å². The Morgan fingerprint density at radius 1 is 1.29 bits per heavy atom. The van der Waals surface area contributed by atoms with Crippen LogP contribution in [0.25, 0.3) is 0 Å². The molecule has 0 radical (unpaired) electrons. The molecule has 6 heteroatoms. The normalized spacial score (nSPS) is 11.4. The number of anilines is 1. The Hall–Kier alpha value is -0.840. The zero-order chi connectivity index (χ0) is 13.2. The molecule has 0 saturated heterocycles. The van der Waals surface area contributed by atoms with E-state index in [4.69, 9.17) is 23.2 Å². The van der Waals surface area contributed by atoms with Crippen molar-refractivity contribution in [1.82, 2.24) is 5.32 Å². The maximum Gasteiger partial charge on any atom is 0.244 e. The van der Waals surface area contributed by atoms with Gasteiger partial charge in [-0.25, -0.2) is 4.39 Å². The summed E-state index contributed by atoms with van der Waals surface area (Å²) >= 11 is 11.2. The second-order valence-electron chi connectivity index (χ2n) is 4.08. The maximum absolute atomic E-state index is 13.2. The number of carbonyl (C=O) groups is 1. The van der Waals surface area contributed by atoms with E-state index in [0.717, 1.165) is 0 Å². The third kappa shape index (κ3) is 3.31. The van der Waals surface area contributed by atoms with Crippen LogP contribution in [0.4, 0.5) is 10.1 Å². The van der Waals surface area contributed by atoms with E-state index >= 15 is 0 Å². The minimum Gasteiger partial charge on any atom is -0.324 e. The molecule has 1 aromatic carbocycles. The number of hydrogen-bond acceptors (Lipinski definition) is 2. The van der Waals surface area contributed by atoms with Gasteiger partial charge in [-0.2, -0.15) is 0 Å². The van der Waals surface area contributed by atoms with Crippen LogP contribution in [0.1, 0.15) is 13.8 Å². The van der Waals surface area contributed by atoms with Crippen LogP contribution in [0, 0.1) is 5.82 Å². The molecule has 0 heterocycles. The van der Waals surface area contributed by atoms with Gasteiger partial charge in [0.15, 0.2) is 5.82 Å². The molecule has 1 amide bonds. The van der Waals surface area contributed by atoms with Gasteiger partial charge in [-0.15, -0.1) is 0 Å². The Balaban J connectivity index is 2.94. The number of benzene rings is 1. The monoisotopic (exact) mass is 278 g/mol. The zero-order valence-corrected chi connectivity index (χ0v) is 11.2. The van der Waals surface area contributed by atoms with E-state index in [1.165, 1.54) is 12.1 Å². The van der Waals surface area contributed by atoms with E-state index in [0.29, 0.717) is 5.69 Å². The smallest absolute Gasteiger partial charge is 0.244 e. The van der Waals surface area contributed by atoms with Crippen molar-refractivity contribution in [3.05, 3.63) is 28.0 Å². The van der Waals surface area contributed by atoms with Gasteiger partial charge >= 0.3 is 0 Å². The first-order chi connectivity index (χ1) is 7.77. The summed E-state index contributed by atoms with van der Waals surface area (Å²) in [5.74, 6) is -0.960. The first kappa shape index (κ1) is 14.2. The van der Waals surface area contributed by atoms with Crippen LogP contribution in [0.2, 0.25) is 10.0 Å². The molecule has 3 nitrogen and oxygen atoms in total. The predicted octanol–water partition coefficient (Wildman–Crippen LogP) is 3.07. The fraction of sp³-hybridized carbons (Fsp3) is 0.364. The lowest BCUT2D eigenvalue weighted by atomic mass is 10.1. The molecule has 0 aliphatic rings. The van der Waals surface area contributed by atoms with Gasteiger partial charge < -0.3 is 10.6 Å². The molecule has 1 rings (SSSR count). The predicted molar refractivity (Wildman–Crippen MR) is 68.2 cm³/mol. The fourth-order valence-corrected chi connectivity index (χ4v) is 1.52. The number of halogens is 3. The van der Waals surface area contributed by atoms with E-state index in [2.05, 4.69) is 10.6 Å². The van der Waals surface area contributed by atoms with Crippen molar-refractivity contribution < 1.29 is 9.18 Å². The van der Waals surface area contributed by atoms with Crippen LogP contribution < -0.4 is 10.6 Å². The van der Waals surface area contributed by atoms with E-state index in [9.17, 15) is 9.18 Å². The third-order valence-electron chi connectivity index (χ3n) is 2.43. The Bertz CT molecular complexity index is 426. The van der Waals surface area contributed by atoms with Crippen LogP contribution in [0.5, 0.6) is 0 Å². The lowest BCUT2D eigenvalue weighted by Crippen LogP contribution is -2.47. The lowest BCUT2D eigenvalue weighted by molar-refractivity contribution is -0.121. The molecule has 0 atom stereocenters. The van der Waals surface area contributed by atoms with Gasteiger partial charge in [0.2, 0.25) is 5.91 Å². The van der Waals surface area contributed by atoms with Crippen molar-refractivity contribution in [3.63, 3.8) is 0 Å². The summed E-state index contributed by atoms with van der Waals surface area (Å²) in [6.07, 6.45) is 0. The molecule has 0 spiro atoms. The number of carbonyl (C=O) groups excluding carboxylic acids is 1. The van der Waals surface area contributed by atoms with Gasteiger partial charge in [-0.1, -0.05) is 23.2 Å². The van der Waals surface area contributed by atoms with Crippen molar-refractivity contribution in [3.8, 4) is 0 Å². The number of likely N-dealkylation sites (N-methyl/N-ethyl adjacent to an activating group) is 1. The summed E-state index contributed by atoms with van der Waals surface area (Å²) in [7, 11) is 1.67. The van der Waals surface area contributed by atoms with Gasteiger partial charge in [0, 0.05) is 5.69 Å². The molecule has 94 valence electrons. The minimum absolute atomic E-state index is 0.130. The first-order valence-corrected chi connectivity index (χ1v) is 5.68. The van der Waals surface area contributed by atoms with Gasteiger partial charge in [0.05, 0.1) is 15.6 Å². The fourth-order valence-electron chi connectivity index (χ4n) is 1.03. The Morgan fingerprint density at radius 2 is 1.76 bits per heavy atom. The second-order valence-corrected chi connectivity index (χ2v) is 4.90. The lowest BCUT2D eigenvalue weighted by Gasteiger charge is -2.22. The third-order valence-corrected chi connectivity index (χ3v) is 2.98. The van der Waals surface area contributed by atoms with Crippen molar-refractivity contribution in [2.45, 2.75) is 19.4 Å². The standard InChI is InChI=1S/C11H13Cl2FN2O/c1-11(2,15-3)10(17)16-6-4-7(12)9(14)8(13)5-6/h4-5,15H,1-3H3,(H,16,17). The van der Waals surface area contributed by atoms with Crippen molar-refractivity contribution in [1.29, 1.82) is 0 Å². The quantitative estimate of drug-likeness (QED) is 0.835. The summed E-state index contributed by atoms with van der Waals surface area (Å²) in [5.41, 5.74) is -0.386. The van der Waals surface area contributed by atoms with Crippen molar-refractivity contribution in [2.75, 3.05) is 12.4 Å². The molecule has 0 fully saturated rings. The molecule has 0 unspecified atom stereocenters. The molecule has 0 aliphatic heterocycles. The van der Waals surface area contributed by atoms with Gasteiger partial charge in [0.25, 0.3) is 0 Å². The van der Waals surface area contributed by atoms with E-state index in [-0.39, 0.29) is 16.0 Å². The molecular weight excluding hydrogens is 266 g/mol. The van der Waals surface area contributed by atoms with Crippen LogP contribution in [0.3, 0.4) is 0 Å². The molecule has 0 aliphatic carbocycles. The highest BCUT2D eigenvalue weighted by atomic mass is 35.5. The van der Waals surface area contributed by atoms with Gasteiger partial charge in [-0.05, 0) is 33.0 Å². The SMILES string of the molecule is CNC(C)(C)C(=O)Nc1cc(Cl)c(F)c(Cl)c1. The van der Waals surface area contributed by atoms with Crippen LogP contribution in [-0.4, -0.2) is 18.5 Å². The first-order valence-electron chi connectivity index (χ1n) is 4.93. The number of rotatable bonds is 3. The number of amides is 1. The molecule has 17 heavy (non-hydrogen) atoms. The van der Waals surface area contributed by atoms with Crippen LogP contribution >= 0.6 is 23.2 Å². The largest absolute Gasteiger partial charge is 0.324 e. The second kappa shape index (κ2) is 5.21. The number of hydrogen-bond donors (Lipinski definition) is 2. The van der Waals surface area contributed by atoms with Gasteiger partial charge in [0.1, 0.15) is 0 Å². The summed E-state index contributed by atoms with van der Waals surface area (Å²) in [6, 6.07) is 2.62. The minimum atomic E-state index is -0.743. The molecule has 2 N–H and O–H groups in total. The van der Waals surface area contributed by atoms with E-state index < -0.39 is 11.4 Å². The van der Waals surface area contributed by atoms with Crippen molar-refractivity contribution in [2.24, 2.45) is 0 Å². The molecule has 0 aromatic heterocycles. The highest BCUT2D eigenvalue weighted by Crippen LogP contribution is 2.27. The maximum atomic E-state index is 13.2. The topological polar surface area (TPSA) is 41.1 Å². The van der Waals surface area contributed by atoms with Crippen LogP contribution in [0.15, 0.2) is 12.1 Å². The summed E-state index contributed by atoms with van der Waals surface area (Å²) in [6.45, 7) is 3.43. The van der Waals surface area contributed by atoms with E-state index in [1.54, 1.807) is 20.9 Å². The van der Waals surface area contributed by atoms with Gasteiger partial charge in [-0.3, -0.25) is 4.79 Å². The molecular formula is C11H13Cl2FN2O. The molecule has 0 saturated carbocycles. The Morgan fingerprint density at radius 3 is 2.18 bits per heavy atom. The average Bonchev–Trinajstić information content (AvgIpc) is 2.25.